The van der Waals surface area contributed by atoms with Crippen LogP contribution in [0.25, 0.3) is 0 Å². The number of urea groups is 1. The van der Waals surface area contributed by atoms with Gasteiger partial charge in [0, 0.05) is 5.54 Å². The molecule has 0 saturated heterocycles. The molecule has 0 radical (unpaired) electrons. The Balaban J connectivity index is 2.93. The van der Waals surface area contributed by atoms with Crippen LogP contribution in [-0.4, -0.2) is 40.3 Å². The van der Waals surface area contributed by atoms with Crippen LogP contribution in [0.5, 0.6) is 0 Å². The highest BCUT2D eigenvalue weighted by molar-refractivity contribution is 8.00. The van der Waals surface area contributed by atoms with Gasteiger partial charge in [-0.2, -0.15) is 5.26 Å². The van der Waals surface area contributed by atoms with Gasteiger partial charge in [0.05, 0.1) is 28.7 Å². The molecular formula is C18H24N4O4S. The third kappa shape index (κ3) is 6.90. The summed E-state index contributed by atoms with van der Waals surface area (Å²) >= 11 is 1.03. The number of hydrogen-bond acceptors (Lipinski definition) is 7. The number of aromatic nitrogens is 1. The summed E-state index contributed by atoms with van der Waals surface area (Å²) in [6.07, 6.45) is 0. The van der Waals surface area contributed by atoms with E-state index < -0.39 is 28.7 Å². The lowest BCUT2D eigenvalue weighted by molar-refractivity contribution is -0.119. The molecule has 1 atom stereocenters. The maximum absolute atomic E-state index is 12.2. The Morgan fingerprint density at radius 2 is 2.00 bits per heavy atom. The number of carbonyl (C=O) groups is 3. The highest BCUT2D eigenvalue weighted by Crippen LogP contribution is 2.27. The summed E-state index contributed by atoms with van der Waals surface area (Å²) in [6, 6.07) is 2.78. The molecule has 0 bridgehead atoms. The number of nitrogens with zero attached hydrogens (tertiary/aromatic N) is 2. The van der Waals surface area contributed by atoms with Gasteiger partial charge in [-0.15, -0.1) is 0 Å². The van der Waals surface area contributed by atoms with Crippen molar-refractivity contribution in [3.05, 3.63) is 22.9 Å². The first-order chi connectivity index (χ1) is 12.5. The number of imide groups is 1. The Bertz CT molecular complexity index is 781. The molecular weight excluding hydrogens is 368 g/mol. The van der Waals surface area contributed by atoms with E-state index in [2.05, 4.69) is 15.6 Å². The second kappa shape index (κ2) is 9.37. The molecule has 0 unspecified atom stereocenters. The first-order valence-electron chi connectivity index (χ1n) is 8.37. The SMILES string of the molecule is CCOC(=O)c1cc(C#N)c(S[C@@H](C)C(=O)NC(=O)NC(C)(C)C)nc1C. The number of ether oxygens (including phenoxy) is 1. The fourth-order valence-electron chi connectivity index (χ4n) is 1.98. The average Bonchev–Trinajstić information content (AvgIpc) is 2.53. The third-order valence-corrected chi connectivity index (χ3v) is 4.28. The van der Waals surface area contributed by atoms with E-state index in [9.17, 15) is 19.6 Å². The maximum Gasteiger partial charge on any atom is 0.340 e. The number of esters is 1. The number of amides is 3. The van der Waals surface area contributed by atoms with Crippen molar-refractivity contribution in [2.24, 2.45) is 0 Å². The van der Waals surface area contributed by atoms with Gasteiger partial charge in [0.2, 0.25) is 5.91 Å². The van der Waals surface area contributed by atoms with Crippen molar-refractivity contribution in [2.75, 3.05) is 6.61 Å². The van der Waals surface area contributed by atoms with Gasteiger partial charge in [-0.3, -0.25) is 10.1 Å². The standard InChI is InChI=1S/C18H24N4O4S/c1-7-26-16(24)13-8-12(9-19)15(20-10(13)2)27-11(3)14(23)21-17(25)22-18(4,5)6/h8,11H,7H2,1-6H3,(H2,21,22,23,25)/t11-/m0/s1. The first kappa shape index (κ1) is 22.4. The van der Waals surface area contributed by atoms with Crippen LogP contribution in [0.2, 0.25) is 0 Å². The molecule has 1 heterocycles. The van der Waals surface area contributed by atoms with Crippen molar-refractivity contribution in [1.29, 1.82) is 5.26 Å². The molecule has 3 amide bonds. The summed E-state index contributed by atoms with van der Waals surface area (Å²) in [4.78, 5) is 40.2. The molecule has 0 spiro atoms. The van der Waals surface area contributed by atoms with Crippen molar-refractivity contribution in [3.63, 3.8) is 0 Å². The van der Waals surface area contributed by atoms with Gasteiger partial charge in [0.1, 0.15) is 11.1 Å². The maximum atomic E-state index is 12.2. The summed E-state index contributed by atoms with van der Waals surface area (Å²) in [5.74, 6) is -1.07. The second-order valence-corrected chi connectivity index (χ2v) is 8.09. The average molecular weight is 392 g/mol. The van der Waals surface area contributed by atoms with Gasteiger partial charge in [-0.25, -0.2) is 14.6 Å². The van der Waals surface area contributed by atoms with Gasteiger partial charge in [0.25, 0.3) is 0 Å². The van der Waals surface area contributed by atoms with E-state index in [-0.39, 0.29) is 17.7 Å². The number of pyridine rings is 1. The lowest BCUT2D eigenvalue weighted by atomic mass is 10.1. The molecule has 0 saturated carbocycles. The van der Waals surface area contributed by atoms with Gasteiger partial charge in [-0.05, 0) is 47.6 Å². The highest BCUT2D eigenvalue weighted by Gasteiger charge is 2.23. The Morgan fingerprint density at radius 1 is 1.37 bits per heavy atom. The molecule has 1 rings (SSSR count). The molecule has 0 aliphatic rings. The zero-order chi connectivity index (χ0) is 20.8. The van der Waals surface area contributed by atoms with E-state index in [0.717, 1.165) is 11.8 Å². The van der Waals surface area contributed by atoms with Gasteiger partial charge < -0.3 is 10.1 Å². The van der Waals surface area contributed by atoms with E-state index in [0.29, 0.717) is 10.7 Å². The molecule has 9 heteroatoms. The van der Waals surface area contributed by atoms with Crippen molar-refractivity contribution in [2.45, 2.75) is 57.4 Å². The number of hydrogen-bond donors (Lipinski definition) is 2. The van der Waals surface area contributed by atoms with Crippen molar-refractivity contribution >= 4 is 29.7 Å². The molecule has 8 nitrogen and oxygen atoms in total. The lowest BCUT2D eigenvalue weighted by Crippen LogP contribution is -2.49. The number of carbonyl (C=O) groups excluding carboxylic acids is 3. The van der Waals surface area contributed by atoms with E-state index in [4.69, 9.17) is 4.74 Å². The Morgan fingerprint density at radius 3 is 2.52 bits per heavy atom. The Labute approximate surface area is 163 Å². The minimum atomic E-state index is -0.678. The van der Waals surface area contributed by atoms with Gasteiger partial charge >= 0.3 is 12.0 Å². The van der Waals surface area contributed by atoms with E-state index >= 15 is 0 Å². The molecule has 1 aromatic heterocycles. The van der Waals surface area contributed by atoms with Crippen molar-refractivity contribution in [1.82, 2.24) is 15.6 Å². The van der Waals surface area contributed by atoms with Crippen LogP contribution in [0.3, 0.4) is 0 Å². The normalized spacial score (nSPS) is 11.9. The molecule has 0 aliphatic carbocycles. The third-order valence-electron chi connectivity index (χ3n) is 3.18. The minimum absolute atomic E-state index is 0.160. The predicted octanol–water partition coefficient (Wildman–Crippen LogP) is 2.54. The Kier molecular flexibility index (Phi) is 7.79. The number of nitriles is 1. The monoisotopic (exact) mass is 392 g/mol. The fraction of sp³-hybridized carbons (Fsp3) is 0.500. The largest absolute Gasteiger partial charge is 0.462 e. The highest BCUT2D eigenvalue weighted by atomic mass is 32.2. The molecule has 0 aliphatic heterocycles. The summed E-state index contributed by atoms with van der Waals surface area (Å²) < 4.78 is 4.95. The zero-order valence-electron chi connectivity index (χ0n) is 16.3. The van der Waals surface area contributed by atoms with Gasteiger partial charge in [0.15, 0.2) is 0 Å². The second-order valence-electron chi connectivity index (χ2n) is 6.76. The van der Waals surface area contributed by atoms with Crippen LogP contribution >= 0.6 is 11.8 Å². The first-order valence-corrected chi connectivity index (χ1v) is 9.25. The molecule has 0 fully saturated rings. The molecule has 2 N–H and O–H groups in total. The fourth-order valence-corrected chi connectivity index (χ4v) is 2.90. The van der Waals surface area contributed by atoms with Crippen LogP contribution in [0.15, 0.2) is 11.1 Å². The summed E-state index contributed by atoms with van der Waals surface area (Å²) in [6.45, 7) is 10.5. The molecule has 27 heavy (non-hydrogen) atoms. The molecule has 146 valence electrons. The van der Waals surface area contributed by atoms with Crippen LogP contribution in [0, 0.1) is 18.3 Å². The molecule has 0 aromatic carbocycles. The smallest absolute Gasteiger partial charge is 0.340 e. The summed E-state index contributed by atoms with van der Waals surface area (Å²) in [7, 11) is 0. The minimum Gasteiger partial charge on any atom is -0.462 e. The summed E-state index contributed by atoms with van der Waals surface area (Å²) in [5.41, 5.74) is 0.288. The lowest BCUT2D eigenvalue weighted by Gasteiger charge is -2.21. The van der Waals surface area contributed by atoms with E-state index in [1.807, 2.05) is 6.07 Å². The summed E-state index contributed by atoms with van der Waals surface area (Å²) in [5, 5.41) is 13.9. The number of aryl methyl sites for hydroxylation is 1. The van der Waals surface area contributed by atoms with Crippen LogP contribution in [0.1, 0.15) is 56.2 Å². The Hall–Kier alpha value is -2.60. The number of nitrogens with one attached hydrogen (secondary N) is 2. The molecule has 1 aromatic rings. The van der Waals surface area contributed by atoms with Crippen LogP contribution in [0.4, 0.5) is 4.79 Å². The van der Waals surface area contributed by atoms with Crippen molar-refractivity contribution < 1.29 is 19.1 Å². The van der Waals surface area contributed by atoms with Crippen LogP contribution in [-0.2, 0) is 9.53 Å². The van der Waals surface area contributed by atoms with Crippen LogP contribution < -0.4 is 10.6 Å². The number of rotatable bonds is 5. The van der Waals surface area contributed by atoms with E-state index in [1.165, 1.54) is 6.07 Å². The van der Waals surface area contributed by atoms with Crippen molar-refractivity contribution in [3.8, 4) is 6.07 Å². The zero-order valence-corrected chi connectivity index (χ0v) is 17.1. The van der Waals surface area contributed by atoms with Gasteiger partial charge in [-0.1, -0.05) is 11.8 Å². The number of thioether (sulfide) groups is 1. The quantitative estimate of drug-likeness (QED) is 0.583. The van der Waals surface area contributed by atoms with E-state index in [1.54, 1.807) is 41.5 Å². The topological polar surface area (TPSA) is 121 Å². The predicted molar refractivity (Wildman–Crippen MR) is 101 cm³/mol.